The van der Waals surface area contributed by atoms with Crippen molar-refractivity contribution in [2.24, 2.45) is 0 Å². The lowest BCUT2D eigenvalue weighted by Gasteiger charge is -2.10. The van der Waals surface area contributed by atoms with Gasteiger partial charge in [-0.25, -0.2) is 0 Å². The monoisotopic (exact) mass is 372 g/mol. The molecule has 0 aliphatic rings. The predicted octanol–water partition coefficient (Wildman–Crippen LogP) is 3.77. The molecule has 0 saturated carbocycles. The molecule has 2 N–H and O–H groups in total. The second-order valence-corrected chi connectivity index (χ2v) is 5.84. The number of aryl methyl sites for hydroxylation is 1. The Morgan fingerprint density at radius 1 is 1.28 bits per heavy atom. The summed E-state index contributed by atoms with van der Waals surface area (Å²) in [4.78, 5) is 0. The molecule has 4 nitrogen and oxygen atoms in total. The molecule has 1 heterocycles. The molecule has 2 aromatic rings. The number of aromatic nitrogens is 3. The molecule has 6 heteroatoms. The second kappa shape index (κ2) is 5.40. The summed E-state index contributed by atoms with van der Waals surface area (Å²) in [5, 5.41) is 8.38. The lowest BCUT2D eigenvalue weighted by molar-refractivity contribution is 0.663. The van der Waals surface area contributed by atoms with Crippen LogP contribution >= 0.6 is 31.9 Å². The summed E-state index contributed by atoms with van der Waals surface area (Å²) in [6, 6.07) is 3.89. The molecule has 0 aliphatic carbocycles. The molecule has 0 bridgehead atoms. The fraction of sp³-hybridized carbons (Fsp3) is 0.333. The minimum absolute atomic E-state index is 0.683. The molecule has 96 valence electrons. The largest absolute Gasteiger partial charge is 0.397 e. The van der Waals surface area contributed by atoms with Gasteiger partial charge in [0.2, 0.25) is 0 Å². The van der Waals surface area contributed by atoms with Crippen molar-refractivity contribution < 1.29 is 0 Å². The van der Waals surface area contributed by atoms with Gasteiger partial charge in [0.1, 0.15) is 5.82 Å². The number of nitrogens with zero attached hydrogens (tertiary/aromatic N) is 3. The van der Waals surface area contributed by atoms with Crippen LogP contribution in [0.3, 0.4) is 0 Å². The van der Waals surface area contributed by atoms with Crippen LogP contribution in [0.5, 0.6) is 0 Å². The number of nitrogens with two attached hydrogens (primary N) is 1. The zero-order chi connectivity index (χ0) is 13.3. The Morgan fingerprint density at radius 3 is 2.67 bits per heavy atom. The van der Waals surface area contributed by atoms with Gasteiger partial charge in [-0.3, -0.25) is 0 Å². The van der Waals surface area contributed by atoms with Gasteiger partial charge in [0, 0.05) is 21.1 Å². The van der Waals surface area contributed by atoms with E-state index >= 15 is 0 Å². The van der Waals surface area contributed by atoms with Gasteiger partial charge < -0.3 is 10.3 Å². The van der Waals surface area contributed by atoms with E-state index in [1.165, 1.54) is 0 Å². The third-order valence-corrected chi connectivity index (χ3v) is 3.83. The number of hydrogen-bond acceptors (Lipinski definition) is 3. The maximum atomic E-state index is 6.11. The van der Waals surface area contributed by atoms with Gasteiger partial charge in [0.15, 0.2) is 5.82 Å². The van der Waals surface area contributed by atoms with E-state index in [-0.39, 0.29) is 0 Å². The standard InChI is InChI=1S/C12H14Br2N4/c1-3-4-18-7(2)16-17-12(18)9-5-8(13)6-10(14)11(9)15/h5-6H,3-4,15H2,1-2H3. The minimum atomic E-state index is 0.683. The summed E-state index contributed by atoms with van der Waals surface area (Å²) in [7, 11) is 0. The average molecular weight is 374 g/mol. The van der Waals surface area contributed by atoms with Crippen LogP contribution in [-0.4, -0.2) is 14.8 Å². The molecule has 1 aromatic heterocycles. The van der Waals surface area contributed by atoms with Crippen LogP contribution < -0.4 is 5.73 Å². The number of nitrogen functional groups attached to an aromatic ring is 1. The van der Waals surface area contributed by atoms with Gasteiger partial charge in [-0.05, 0) is 41.4 Å². The first-order valence-corrected chi connectivity index (χ1v) is 7.28. The fourth-order valence-corrected chi connectivity index (χ4v) is 3.07. The first kappa shape index (κ1) is 13.5. The van der Waals surface area contributed by atoms with Crippen molar-refractivity contribution in [1.82, 2.24) is 14.8 Å². The lowest BCUT2D eigenvalue weighted by atomic mass is 10.1. The van der Waals surface area contributed by atoms with Crippen molar-refractivity contribution >= 4 is 37.5 Å². The van der Waals surface area contributed by atoms with Gasteiger partial charge in [0.05, 0.1) is 5.69 Å². The molecule has 0 fully saturated rings. The summed E-state index contributed by atoms with van der Waals surface area (Å²) in [5.41, 5.74) is 7.69. The maximum absolute atomic E-state index is 6.11. The van der Waals surface area contributed by atoms with Crippen LogP contribution in [0.4, 0.5) is 5.69 Å². The smallest absolute Gasteiger partial charge is 0.166 e. The molecule has 18 heavy (non-hydrogen) atoms. The summed E-state index contributed by atoms with van der Waals surface area (Å²) >= 11 is 6.92. The zero-order valence-corrected chi connectivity index (χ0v) is 13.4. The normalized spacial score (nSPS) is 10.9. The van der Waals surface area contributed by atoms with Crippen molar-refractivity contribution in [1.29, 1.82) is 0 Å². The maximum Gasteiger partial charge on any atom is 0.166 e. The molecule has 0 amide bonds. The molecule has 0 saturated heterocycles. The number of hydrogen-bond donors (Lipinski definition) is 1. The fourth-order valence-electron chi connectivity index (χ4n) is 1.84. The molecule has 0 radical (unpaired) electrons. The Hall–Kier alpha value is -0.880. The Labute approximate surface area is 123 Å². The highest BCUT2D eigenvalue weighted by molar-refractivity contribution is 9.11. The molecule has 0 atom stereocenters. The molecule has 0 unspecified atom stereocenters. The van der Waals surface area contributed by atoms with Crippen molar-refractivity contribution in [3.8, 4) is 11.4 Å². The topological polar surface area (TPSA) is 56.7 Å². The first-order chi connectivity index (χ1) is 8.54. The van der Waals surface area contributed by atoms with Crippen LogP contribution in [0.1, 0.15) is 19.2 Å². The molecule has 0 spiro atoms. The van der Waals surface area contributed by atoms with Gasteiger partial charge in [-0.15, -0.1) is 10.2 Å². The second-order valence-electron chi connectivity index (χ2n) is 4.07. The van der Waals surface area contributed by atoms with E-state index in [0.717, 1.165) is 39.1 Å². The van der Waals surface area contributed by atoms with Crippen LogP contribution in [-0.2, 0) is 6.54 Å². The van der Waals surface area contributed by atoms with E-state index in [2.05, 4.69) is 53.5 Å². The van der Waals surface area contributed by atoms with Crippen LogP contribution in [0.15, 0.2) is 21.1 Å². The van der Waals surface area contributed by atoms with Crippen molar-refractivity contribution in [3.63, 3.8) is 0 Å². The Bertz CT molecular complexity index is 578. The van der Waals surface area contributed by atoms with Crippen LogP contribution in [0, 0.1) is 6.92 Å². The average Bonchev–Trinajstić information content (AvgIpc) is 2.67. The van der Waals surface area contributed by atoms with E-state index in [1.807, 2.05) is 19.1 Å². The highest BCUT2D eigenvalue weighted by Crippen LogP contribution is 2.34. The van der Waals surface area contributed by atoms with E-state index in [0.29, 0.717) is 5.69 Å². The Kier molecular flexibility index (Phi) is 4.07. The van der Waals surface area contributed by atoms with Crippen molar-refractivity contribution in [3.05, 3.63) is 26.9 Å². The van der Waals surface area contributed by atoms with Gasteiger partial charge in [-0.2, -0.15) is 0 Å². The van der Waals surface area contributed by atoms with Crippen LogP contribution in [0.25, 0.3) is 11.4 Å². The van der Waals surface area contributed by atoms with E-state index in [4.69, 9.17) is 5.73 Å². The van der Waals surface area contributed by atoms with E-state index < -0.39 is 0 Å². The van der Waals surface area contributed by atoms with Crippen molar-refractivity contribution in [2.75, 3.05) is 5.73 Å². The van der Waals surface area contributed by atoms with E-state index in [9.17, 15) is 0 Å². The summed E-state index contributed by atoms with van der Waals surface area (Å²) in [5.74, 6) is 1.72. The third-order valence-electron chi connectivity index (χ3n) is 2.72. The Morgan fingerprint density at radius 2 is 2.00 bits per heavy atom. The van der Waals surface area contributed by atoms with Crippen LogP contribution in [0.2, 0.25) is 0 Å². The lowest BCUT2D eigenvalue weighted by Crippen LogP contribution is -2.04. The third kappa shape index (κ3) is 2.44. The molecular formula is C12H14Br2N4. The number of rotatable bonds is 3. The molecule has 0 aliphatic heterocycles. The Balaban J connectivity index is 2.62. The highest BCUT2D eigenvalue weighted by atomic mass is 79.9. The quantitative estimate of drug-likeness (QED) is 0.833. The minimum Gasteiger partial charge on any atom is -0.397 e. The SMILES string of the molecule is CCCn1c(C)nnc1-c1cc(Br)cc(Br)c1N. The zero-order valence-electron chi connectivity index (χ0n) is 10.2. The first-order valence-electron chi connectivity index (χ1n) is 5.69. The van der Waals surface area contributed by atoms with Gasteiger partial charge in [0.25, 0.3) is 0 Å². The number of benzene rings is 1. The highest BCUT2D eigenvalue weighted by Gasteiger charge is 2.15. The number of anilines is 1. The van der Waals surface area contributed by atoms with Crippen molar-refractivity contribution in [2.45, 2.75) is 26.8 Å². The van der Waals surface area contributed by atoms with Gasteiger partial charge in [-0.1, -0.05) is 22.9 Å². The predicted molar refractivity (Wildman–Crippen MR) is 80.3 cm³/mol. The molecule has 1 aromatic carbocycles. The van der Waals surface area contributed by atoms with Gasteiger partial charge >= 0.3 is 0 Å². The molecule has 2 rings (SSSR count). The summed E-state index contributed by atoms with van der Waals surface area (Å²) in [6.07, 6.45) is 1.03. The summed E-state index contributed by atoms with van der Waals surface area (Å²) < 4.78 is 3.91. The summed E-state index contributed by atoms with van der Waals surface area (Å²) in [6.45, 7) is 4.97. The molecular weight excluding hydrogens is 360 g/mol. The number of halogens is 2. The van der Waals surface area contributed by atoms with E-state index in [1.54, 1.807) is 0 Å².